The first-order chi connectivity index (χ1) is 14.6. The van der Waals surface area contributed by atoms with Gasteiger partial charge in [-0.2, -0.15) is 0 Å². The normalized spacial score (nSPS) is 13.4. The zero-order valence-corrected chi connectivity index (χ0v) is 20.0. The van der Waals surface area contributed by atoms with Gasteiger partial charge < -0.3 is 29.1 Å². The first kappa shape index (κ1) is 26.8. The number of benzene rings is 1. The third kappa shape index (κ3) is 9.59. The Labute approximate surface area is 186 Å². The summed E-state index contributed by atoms with van der Waals surface area (Å²) in [6, 6.07) is 5.30. The molecule has 1 rings (SSSR count). The lowest BCUT2D eigenvalue weighted by molar-refractivity contribution is -0.108. The van der Waals surface area contributed by atoms with Gasteiger partial charge in [0.1, 0.15) is 11.9 Å². The van der Waals surface area contributed by atoms with Crippen LogP contribution >= 0.6 is 0 Å². The molecule has 0 radical (unpaired) electrons. The van der Waals surface area contributed by atoms with Crippen LogP contribution in [0.3, 0.4) is 0 Å². The SMILES string of the molecule is COCCCOc1cc(C(NC(=O)OC(C)(C)C)C(CCC=O)C(C)C)ccc1OC. The summed E-state index contributed by atoms with van der Waals surface area (Å²) in [6.45, 7) is 10.7. The molecule has 0 spiro atoms. The van der Waals surface area contributed by atoms with Crippen LogP contribution in [0.5, 0.6) is 11.5 Å². The highest BCUT2D eigenvalue weighted by Crippen LogP contribution is 2.37. The van der Waals surface area contributed by atoms with E-state index in [0.717, 1.165) is 18.3 Å². The van der Waals surface area contributed by atoms with Crippen LogP contribution < -0.4 is 14.8 Å². The van der Waals surface area contributed by atoms with Gasteiger partial charge in [-0.1, -0.05) is 19.9 Å². The fourth-order valence-electron chi connectivity index (χ4n) is 3.40. The van der Waals surface area contributed by atoms with E-state index >= 15 is 0 Å². The zero-order chi connectivity index (χ0) is 23.4. The number of methoxy groups -OCH3 is 2. The molecule has 0 saturated carbocycles. The van der Waals surface area contributed by atoms with Gasteiger partial charge in [0, 0.05) is 26.6 Å². The Bertz CT molecular complexity index is 683. The minimum Gasteiger partial charge on any atom is -0.493 e. The highest BCUT2D eigenvalue weighted by molar-refractivity contribution is 5.68. The number of aldehydes is 1. The predicted molar refractivity (Wildman–Crippen MR) is 121 cm³/mol. The summed E-state index contributed by atoms with van der Waals surface area (Å²) < 4.78 is 21.9. The van der Waals surface area contributed by atoms with Crippen LogP contribution in [0.25, 0.3) is 0 Å². The molecule has 0 aliphatic carbocycles. The molecule has 176 valence electrons. The summed E-state index contributed by atoms with van der Waals surface area (Å²) in [5.41, 5.74) is 0.262. The zero-order valence-electron chi connectivity index (χ0n) is 20.0. The standard InChI is InChI=1S/C24H39NO6/c1-17(2)19(10-8-13-26)22(25-23(27)31-24(3,4)5)18-11-12-20(29-7)21(16-18)30-15-9-14-28-6/h11-13,16-17,19,22H,8-10,14-15H2,1-7H3,(H,25,27). The molecule has 7 heteroatoms. The molecule has 1 aromatic rings. The molecule has 31 heavy (non-hydrogen) atoms. The Morgan fingerprint density at radius 2 is 1.84 bits per heavy atom. The van der Waals surface area contributed by atoms with Crippen LogP contribution in [-0.4, -0.2) is 45.4 Å². The van der Waals surface area contributed by atoms with Crippen molar-refractivity contribution < 1.29 is 28.5 Å². The second kappa shape index (κ2) is 13.2. The van der Waals surface area contributed by atoms with E-state index < -0.39 is 11.7 Å². The average Bonchev–Trinajstić information content (AvgIpc) is 2.69. The van der Waals surface area contributed by atoms with Crippen LogP contribution in [0.2, 0.25) is 0 Å². The number of carbonyl (C=O) groups excluding carboxylic acids is 2. The fraction of sp³-hybridized carbons (Fsp3) is 0.667. The fourth-order valence-corrected chi connectivity index (χ4v) is 3.40. The smallest absolute Gasteiger partial charge is 0.408 e. The summed E-state index contributed by atoms with van der Waals surface area (Å²) in [5, 5.41) is 3.03. The summed E-state index contributed by atoms with van der Waals surface area (Å²) in [4.78, 5) is 23.7. The van der Waals surface area contributed by atoms with E-state index in [0.29, 0.717) is 37.6 Å². The van der Waals surface area contributed by atoms with Crippen molar-refractivity contribution in [2.75, 3.05) is 27.4 Å². The van der Waals surface area contributed by atoms with Crippen molar-refractivity contribution in [3.63, 3.8) is 0 Å². The number of hydrogen-bond acceptors (Lipinski definition) is 6. The van der Waals surface area contributed by atoms with Crippen molar-refractivity contribution in [3.8, 4) is 11.5 Å². The molecule has 1 aromatic carbocycles. The molecule has 0 aromatic heterocycles. The number of hydrogen-bond donors (Lipinski definition) is 1. The molecule has 2 atom stereocenters. The van der Waals surface area contributed by atoms with E-state index in [9.17, 15) is 9.59 Å². The number of amides is 1. The number of rotatable bonds is 13. The average molecular weight is 438 g/mol. The molecule has 0 fully saturated rings. The van der Waals surface area contributed by atoms with Gasteiger partial charge in [-0.15, -0.1) is 0 Å². The predicted octanol–water partition coefficient (Wildman–Crippen LogP) is 4.93. The first-order valence-corrected chi connectivity index (χ1v) is 10.9. The Balaban J connectivity index is 3.25. The lowest BCUT2D eigenvalue weighted by atomic mass is 9.81. The van der Waals surface area contributed by atoms with Crippen LogP contribution in [-0.2, 0) is 14.3 Å². The molecule has 7 nitrogen and oxygen atoms in total. The minimum atomic E-state index is -0.611. The summed E-state index contributed by atoms with van der Waals surface area (Å²) >= 11 is 0. The van der Waals surface area contributed by atoms with Crippen LogP contribution in [0.1, 0.15) is 65.5 Å². The maximum absolute atomic E-state index is 12.6. The largest absolute Gasteiger partial charge is 0.493 e. The van der Waals surface area contributed by atoms with Crippen LogP contribution in [0.4, 0.5) is 4.79 Å². The third-order valence-electron chi connectivity index (χ3n) is 4.87. The monoisotopic (exact) mass is 437 g/mol. The van der Waals surface area contributed by atoms with E-state index in [1.807, 2.05) is 39.0 Å². The van der Waals surface area contributed by atoms with Crippen molar-refractivity contribution in [2.45, 2.75) is 65.5 Å². The van der Waals surface area contributed by atoms with Crippen molar-refractivity contribution >= 4 is 12.4 Å². The Kier molecular flexibility index (Phi) is 11.4. The molecule has 0 saturated heterocycles. The van der Waals surface area contributed by atoms with Gasteiger partial charge >= 0.3 is 6.09 Å². The number of nitrogens with one attached hydrogen (secondary N) is 1. The van der Waals surface area contributed by atoms with Crippen molar-refractivity contribution in [1.82, 2.24) is 5.32 Å². The maximum Gasteiger partial charge on any atom is 0.408 e. The number of carbonyl (C=O) groups is 2. The van der Waals surface area contributed by atoms with Gasteiger partial charge in [-0.05, 0) is 56.7 Å². The molecular weight excluding hydrogens is 398 g/mol. The van der Waals surface area contributed by atoms with Gasteiger partial charge in [-0.25, -0.2) is 4.79 Å². The highest BCUT2D eigenvalue weighted by Gasteiger charge is 2.30. The summed E-state index contributed by atoms with van der Waals surface area (Å²) in [7, 11) is 3.24. The van der Waals surface area contributed by atoms with E-state index in [1.54, 1.807) is 14.2 Å². The van der Waals surface area contributed by atoms with Gasteiger partial charge in [0.05, 0.1) is 19.8 Å². The maximum atomic E-state index is 12.6. The Morgan fingerprint density at radius 1 is 1.13 bits per heavy atom. The summed E-state index contributed by atoms with van der Waals surface area (Å²) in [5.74, 6) is 1.48. The highest BCUT2D eigenvalue weighted by atomic mass is 16.6. The number of alkyl carbamates (subject to hydrolysis) is 1. The molecular formula is C24H39NO6. The lowest BCUT2D eigenvalue weighted by Gasteiger charge is -2.32. The van der Waals surface area contributed by atoms with Gasteiger partial charge in [0.25, 0.3) is 0 Å². The molecule has 0 heterocycles. The second-order valence-electron chi connectivity index (χ2n) is 8.88. The summed E-state index contributed by atoms with van der Waals surface area (Å²) in [6.07, 6.45) is 2.24. The molecule has 0 aliphatic heterocycles. The van der Waals surface area contributed by atoms with E-state index in [4.69, 9.17) is 18.9 Å². The Hall–Kier alpha value is -2.28. The lowest BCUT2D eigenvalue weighted by Crippen LogP contribution is -2.39. The van der Waals surface area contributed by atoms with Crippen LogP contribution in [0.15, 0.2) is 18.2 Å². The van der Waals surface area contributed by atoms with E-state index in [-0.39, 0.29) is 17.9 Å². The molecule has 0 bridgehead atoms. The van der Waals surface area contributed by atoms with Gasteiger partial charge in [0.2, 0.25) is 0 Å². The first-order valence-electron chi connectivity index (χ1n) is 10.9. The van der Waals surface area contributed by atoms with Crippen molar-refractivity contribution in [2.24, 2.45) is 11.8 Å². The molecule has 1 amide bonds. The van der Waals surface area contributed by atoms with E-state index in [1.165, 1.54) is 0 Å². The molecule has 0 aliphatic rings. The van der Waals surface area contributed by atoms with Crippen molar-refractivity contribution in [3.05, 3.63) is 23.8 Å². The quantitative estimate of drug-likeness (QED) is 0.348. The number of ether oxygens (including phenoxy) is 4. The van der Waals surface area contributed by atoms with Gasteiger partial charge in [0.15, 0.2) is 11.5 Å². The topological polar surface area (TPSA) is 83.1 Å². The van der Waals surface area contributed by atoms with Crippen LogP contribution in [0, 0.1) is 11.8 Å². The third-order valence-corrected chi connectivity index (χ3v) is 4.87. The van der Waals surface area contributed by atoms with Crippen molar-refractivity contribution in [1.29, 1.82) is 0 Å². The molecule has 1 N–H and O–H groups in total. The second-order valence-corrected chi connectivity index (χ2v) is 8.88. The van der Waals surface area contributed by atoms with Gasteiger partial charge in [-0.3, -0.25) is 0 Å². The minimum absolute atomic E-state index is 0.0347. The Morgan fingerprint density at radius 3 is 2.39 bits per heavy atom. The molecule has 2 unspecified atom stereocenters. The van der Waals surface area contributed by atoms with E-state index in [2.05, 4.69) is 19.2 Å².